The fourth-order valence-electron chi connectivity index (χ4n) is 1.57. The summed E-state index contributed by atoms with van der Waals surface area (Å²) in [5.74, 6) is -2.83. The number of azo groups is 1. The van der Waals surface area contributed by atoms with E-state index in [2.05, 4.69) is 15.0 Å². The second-order valence-corrected chi connectivity index (χ2v) is 4.15. The Bertz CT molecular complexity index is 670. The van der Waals surface area contributed by atoms with Crippen molar-refractivity contribution in [3.05, 3.63) is 29.7 Å². The Labute approximate surface area is 128 Å². The van der Waals surface area contributed by atoms with E-state index in [0.717, 1.165) is 0 Å². The van der Waals surface area contributed by atoms with E-state index >= 15 is 0 Å². The van der Waals surface area contributed by atoms with Crippen LogP contribution in [0.4, 0.5) is 18.9 Å². The molecular formula is C13H11F3N2O5. The highest BCUT2D eigenvalue weighted by atomic mass is 19.4. The van der Waals surface area contributed by atoms with Crippen molar-refractivity contribution in [1.29, 1.82) is 0 Å². The smallest absolute Gasteiger partial charge is 0.451 e. The predicted octanol–water partition coefficient (Wildman–Crippen LogP) is 3.39. The van der Waals surface area contributed by atoms with Crippen LogP contribution < -0.4 is 9.47 Å². The predicted molar refractivity (Wildman–Crippen MR) is 69.4 cm³/mol. The molecule has 0 amide bonds. The molecule has 7 nitrogen and oxygen atoms in total. The number of nitrogens with zero attached hydrogens (tertiary/aromatic N) is 2. The molecule has 0 radical (unpaired) electrons. The summed E-state index contributed by atoms with van der Waals surface area (Å²) in [4.78, 5) is 11.5. The molecule has 1 heterocycles. The van der Waals surface area contributed by atoms with Crippen LogP contribution in [0, 0.1) is 0 Å². The summed E-state index contributed by atoms with van der Waals surface area (Å²) < 4.78 is 52.2. The van der Waals surface area contributed by atoms with Crippen molar-refractivity contribution in [2.75, 3.05) is 13.4 Å². The Hall–Kier alpha value is -2.78. The zero-order chi connectivity index (χ0) is 17.0. The number of halogens is 3. The number of allylic oxidation sites excluding steroid dienone is 1. The van der Waals surface area contributed by atoms with Crippen molar-refractivity contribution in [3.8, 4) is 11.5 Å². The summed E-state index contributed by atoms with van der Waals surface area (Å²) >= 11 is 0. The lowest BCUT2D eigenvalue weighted by atomic mass is 10.3. The van der Waals surface area contributed by atoms with Crippen molar-refractivity contribution in [2.24, 2.45) is 10.2 Å². The van der Waals surface area contributed by atoms with Crippen LogP contribution in [0.25, 0.3) is 0 Å². The van der Waals surface area contributed by atoms with E-state index in [1.807, 2.05) is 0 Å². The van der Waals surface area contributed by atoms with Gasteiger partial charge >= 0.3 is 12.1 Å². The first-order valence-electron chi connectivity index (χ1n) is 6.32. The number of hydrogen-bond donors (Lipinski definition) is 1. The summed E-state index contributed by atoms with van der Waals surface area (Å²) in [6.07, 6.45) is -5.16. The molecular weight excluding hydrogens is 321 g/mol. The molecule has 2 rings (SSSR count). The number of benzene rings is 1. The summed E-state index contributed by atoms with van der Waals surface area (Å²) in [7, 11) is 0. The third kappa shape index (κ3) is 3.90. The van der Waals surface area contributed by atoms with Crippen LogP contribution in [0.1, 0.15) is 6.92 Å². The summed E-state index contributed by atoms with van der Waals surface area (Å²) in [6, 6.07) is 4.23. The number of alkyl halides is 3. The fraction of sp³-hybridized carbons (Fsp3) is 0.308. The fourth-order valence-corrected chi connectivity index (χ4v) is 1.57. The van der Waals surface area contributed by atoms with Crippen LogP contribution in [0.15, 0.2) is 39.9 Å². The maximum atomic E-state index is 12.6. The molecule has 124 valence electrons. The molecule has 0 saturated heterocycles. The minimum absolute atomic E-state index is 0.0127. The zero-order valence-electron chi connectivity index (χ0n) is 11.8. The van der Waals surface area contributed by atoms with E-state index in [4.69, 9.17) is 14.6 Å². The van der Waals surface area contributed by atoms with Gasteiger partial charge in [0.25, 0.3) is 0 Å². The number of ether oxygens (including phenoxy) is 3. The lowest BCUT2D eigenvalue weighted by Gasteiger charge is -2.08. The normalized spacial score (nSPS) is 14.8. The molecule has 10 heteroatoms. The van der Waals surface area contributed by atoms with Gasteiger partial charge in [0.2, 0.25) is 18.2 Å². The SMILES string of the molecule is CCOC(=O)C(N=Nc1ccc2c(c1)OCO2)=C(O)C(F)(F)F. The Morgan fingerprint density at radius 2 is 2.04 bits per heavy atom. The molecule has 0 aliphatic carbocycles. The number of aliphatic hydroxyl groups excluding tert-OH is 1. The maximum absolute atomic E-state index is 12.6. The van der Waals surface area contributed by atoms with E-state index < -0.39 is 23.6 Å². The van der Waals surface area contributed by atoms with E-state index in [1.165, 1.54) is 25.1 Å². The van der Waals surface area contributed by atoms with Crippen LogP contribution in [0.3, 0.4) is 0 Å². The first-order chi connectivity index (χ1) is 10.8. The Morgan fingerprint density at radius 1 is 1.35 bits per heavy atom. The first kappa shape index (κ1) is 16.6. The summed E-state index contributed by atoms with van der Waals surface area (Å²) in [5, 5.41) is 15.8. The van der Waals surface area contributed by atoms with Crippen LogP contribution in [-0.4, -0.2) is 30.7 Å². The number of fused-ring (bicyclic) bond motifs is 1. The molecule has 0 saturated carbocycles. The average Bonchev–Trinajstić information content (AvgIpc) is 2.94. The number of aliphatic hydroxyl groups is 1. The standard InChI is InChI=1S/C13H11F3N2O5/c1-2-21-12(20)10(11(19)13(14,15)16)18-17-7-3-4-8-9(5-7)23-6-22-8/h3-5,19H,2,6H2,1H3. The van der Waals surface area contributed by atoms with Gasteiger partial charge in [-0.15, -0.1) is 5.11 Å². The second kappa shape index (κ2) is 6.55. The van der Waals surface area contributed by atoms with E-state index in [9.17, 15) is 18.0 Å². The van der Waals surface area contributed by atoms with E-state index in [-0.39, 0.29) is 19.1 Å². The van der Waals surface area contributed by atoms with Gasteiger partial charge in [-0.25, -0.2) is 4.79 Å². The molecule has 0 bridgehead atoms. The molecule has 1 aliphatic rings. The Balaban J connectivity index is 2.32. The van der Waals surface area contributed by atoms with Gasteiger partial charge in [0.1, 0.15) is 0 Å². The highest BCUT2D eigenvalue weighted by Crippen LogP contribution is 2.35. The zero-order valence-corrected chi connectivity index (χ0v) is 11.8. The number of rotatable bonds is 4. The number of hydrogen-bond acceptors (Lipinski definition) is 7. The molecule has 1 aromatic carbocycles. The third-order valence-electron chi connectivity index (χ3n) is 2.58. The molecule has 1 aliphatic heterocycles. The molecule has 0 spiro atoms. The van der Waals surface area contributed by atoms with Crippen molar-refractivity contribution >= 4 is 11.7 Å². The van der Waals surface area contributed by atoms with Crippen molar-refractivity contribution < 1.29 is 37.3 Å². The van der Waals surface area contributed by atoms with Crippen LogP contribution in [-0.2, 0) is 9.53 Å². The monoisotopic (exact) mass is 332 g/mol. The molecule has 1 aromatic rings. The molecule has 0 unspecified atom stereocenters. The quantitative estimate of drug-likeness (QED) is 0.395. The second-order valence-electron chi connectivity index (χ2n) is 4.15. The molecule has 0 atom stereocenters. The van der Waals surface area contributed by atoms with Crippen molar-refractivity contribution in [3.63, 3.8) is 0 Å². The highest BCUT2D eigenvalue weighted by molar-refractivity contribution is 5.88. The molecule has 23 heavy (non-hydrogen) atoms. The number of carbonyl (C=O) groups excluding carboxylic acids is 1. The molecule has 1 N–H and O–H groups in total. The lowest BCUT2D eigenvalue weighted by Crippen LogP contribution is -2.18. The van der Waals surface area contributed by atoms with E-state index in [1.54, 1.807) is 0 Å². The minimum Gasteiger partial charge on any atom is -0.502 e. The van der Waals surface area contributed by atoms with Gasteiger partial charge in [0.15, 0.2) is 11.5 Å². The van der Waals surface area contributed by atoms with Crippen molar-refractivity contribution in [1.82, 2.24) is 0 Å². The summed E-state index contributed by atoms with van der Waals surface area (Å²) in [5.41, 5.74) is -1.23. The number of esters is 1. The maximum Gasteiger partial charge on any atom is 0.451 e. The van der Waals surface area contributed by atoms with Gasteiger partial charge in [-0.3, -0.25) is 0 Å². The van der Waals surface area contributed by atoms with Gasteiger partial charge in [-0.2, -0.15) is 18.3 Å². The topological polar surface area (TPSA) is 89.7 Å². The first-order valence-corrected chi connectivity index (χ1v) is 6.32. The average molecular weight is 332 g/mol. The summed E-state index contributed by atoms with van der Waals surface area (Å²) in [6.45, 7) is 1.22. The van der Waals surface area contributed by atoms with Crippen LogP contribution in [0.2, 0.25) is 0 Å². The molecule has 0 fully saturated rings. The third-order valence-corrected chi connectivity index (χ3v) is 2.58. The number of carbonyl (C=O) groups is 1. The van der Waals surface area contributed by atoms with Gasteiger partial charge in [0, 0.05) is 6.07 Å². The minimum atomic E-state index is -5.16. The lowest BCUT2D eigenvalue weighted by molar-refractivity contribution is -0.143. The van der Waals surface area contributed by atoms with Crippen LogP contribution >= 0.6 is 0 Å². The largest absolute Gasteiger partial charge is 0.502 e. The molecule has 0 aromatic heterocycles. The van der Waals surface area contributed by atoms with Crippen molar-refractivity contribution in [2.45, 2.75) is 13.1 Å². The Kier molecular flexibility index (Phi) is 4.72. The Morgan fingerprint density at radius 3 is 2.70 bits per heavy atom. The highest BCUT2D eigenvalue weighted by Gasteiger charge is 2.39. The van der Waals surface area contributed by atoms with Gasteiger partial charge in [-0.05, 0) is 19.1 Å². The van der Waals surface area contributed by atoms with E-state index in [0.29, 0.717) is 11.5 Å². The van der Waals surface area contributed by atoms with Gasteiger partial charge in [-0.1, -0.05) is 0 Å². The van der Waals surface area contributed by atoms with Gasteiger partial charge in [0.05, 0.1) is 12.3 Å². The van der Waals surface area contributed by atoms with Crippen LogP contribution in [0.5, 0.6) is 11.5 Å². The van der Waals surface area contributed by atoms with Gasteiger partial charge < -0.3 is 19.3 Å².